The zero-order valence-corrected chi connectivity index (χ0v) is 11.5. The van der Waals surface area contributed by atoms with Crippen molar-refractivity contribution in [2.75, 3.05) is 5.73 Å². The molecule has 2 N–H and O–H groups in total. The van der Waals surface area contributed by atoms with Crippen molar-refractivity contribution < 1.29 is 4.42 Å². The van der Waals surface area contributed by atoms with Crippen molar-refractivity contribution in [1.82, 2.24) is 25.0 Å². The molecule has 4 aromatic rings. The Hall–Kier alpha value is -3.22. The van der Waals surface area contributed by atoms with E-state index in [-0.39, 0.29) is 0 Å². The van der Waals surface area contributed by atoms with Gasteiger partial charge in [-0.05, 0) is 29.8 Å². The lowest BCUT2D eigenvalue weighted by Crippen LogP contribution is -2.03. The molecule has 22 heavy (non-hydrogen) atoms. The molecule has 108 valence electrons. The predicted octanol–water partition coefficient (Wildman–Crippen LogP) is 2.11. The molecule has 7 heteroatoms. The van der Waals surface area contributed by atoms with Gasteiger partial charge in [-0.2, -0.15) is 0 Å². The first kappa shape index (κ1) is 12.5. The summed E-state index contributed by atoms with van der Waals surface area (Å²) in [4.78, 5) is 8.53. The number of furan rings is 1. The fourth-order valence-corrected chi connectivity index (χ4v) is 2.36. The monoisotopic (exact) mass is 292 g/mol. The maximum absolute atomic E-state index is 5.81. The average molecular weight is 292 g/mol. The Bertz CT molecular complexity index is 928. The number of hydrogen-bond donors (Lipinski definition) is 1. The Morgan fingerprint density at radius 3 is 2.91 bits per heavy atom. The summed E-state index contributed by atoms with van der Waals surface area (Å²) in [5.74, 6) is 0.642. The first-order chi connectivity index (χ1) is 10.8. The molecule has 0 unspecified atom stereocenters. The van der Waals surface area contributed by atoms with Gasteiger partial charge in [0.15, 0.2) is 16.9 Å². The highest BCUT2D eigenvalue weighted by atomic mass is 16.3. The van der Waals surface area contributed by atoms with Crippen LogP contribution in [0.4, 0.5) is 5.69 Å². The van der Waals surface area contributed by atoms with Crippen molar-refractivity contribution >= 4 is 16.9 Å². The molecule has 0 amide bonds. The van der Waals surface area contributed by atoms with Crippen LogP contribution in [-0.2, 0) is 6.54 Å². The van der Waals surface area contributed by atoms with Crippen molar-refractivity contribution in [3.05, 3.63) is 54.6 Å². The van der Waals surface area contributed by atoms with Crippen molar-refractivity contribution in [1.29, 1.82) is 0 Å². The van der Waals surface area contributed by atoms with Crippen LogP contribution < -0.4 is 5.73 Å². The van der Waals surface area contributed by atoms with Crippen molar-refractivity contribution in [3.8, 4) is 11.5 Å². The van der Waals surface area contributed by atoms with E-state index in [9.17, 15) is 0 Å². The highest BCUT2D eigenvalue weighted by molar-refractivity contribution is 5.84. The first-order valence-corrected chi connectivity index (χ1v) is 6.74. The zero-order valence-electron chi connectivity index (χ0n) is 11.5. The highest BCUT2D eigenvalue weighted by Crippen LogP contribution is 2.23. The summed E-state index contributed by atoms with van der Waals surface area (Å²) in [5.41, 5.74) is 9.45. The average Bonchev–Trinajstić information content (AvgIpc) is 3.17. The van der Waals surface area contributed by atoms with Gasteiger partial charge in [0, 0.05) is 5.69 Å². The van der Waals surface area contributed by atoms with Crippen LogP contribution in [0, 0.1) is 0 Å². The van der Waals surface area contributed by atoms with E-state index in [1.807, 2.05) is 30.3 Å². The molecule has 0 saturated heterocycles. The third-order valence-corrected chi connectivity index (χ3v) is 3.34. The Morgan fingerprint density at radius 1 is 1.14 bits per heavy atom. The zero-order chi connectivity index (χ0) is 14.9. The highest BCUT2D eigenvalue weighted by Gasteiger charge is 2.15. The van der Waals surface area contributed by atoms with Crippen LogP contribution in [0.2, 0.25) is 0 Å². The van der Waals surface area contributed by atoms with Gasteiger partial charge in [0.1, 0.15) is 12.0 Å². The normalized spacial score (nSPS) is 11.1. The third-order valence-electron chi connectivity index (χ3n) is 3.34. The minimum Gasteiger partial charge on any atom is -0.463 e. The van der Waals surface area contributed by atoms with E-state index in [4.69, 9.17) is 10.2 Å². The van der Waals surface area contributed by atoms with Gasteiger partial charge in [-0.25, -0.2) is 14.6 Å². The Kier molecular flexibility index (Phi) is 2.82. The third kappa shape index (κ3) is 2.08. The maximum atomic E-state index is 5.81. The standard InChI is InChI=1S/C15H12N6O/c16-11-4-1-3-10(7-11)8-21-15-14(19-20-21)13(17-9-18-15)12-5-2-6-22-12/h1-7,9H,8,16H2. The van der Waals surface area contributed by atoms with Gasteiger partial charge < -0.3 is 10.2 Å². The lowest BCUT2D eigenvalue weighted by atomic mass is 10.2. The minimum atomic E-state index is 0.538. The van der Waals surface area contributed by atoms with Gasteiger partial charge in [-0.15, -0.1) is 5.10 Å². The van der Waals surface area contributed by atoms with Crippen molar-refractivity contribution in [3.63, 3.8) is 0 Å². The fraction of sp³-hybridized carbons (Fsp3) is 0.0667. The van der Waals surface area contributed by atoms with Gasteiger partial charge in [-0.3, -0.25) is 0 Å². The van der Waals surface area contributed by atoms with Crippen LogP contribution in [0.5, 0.6) is 0 Å². The molecule has 0 spiro atoms. The molecule has 4 rings (SSSR count). The summed E-state index contributed by atoms with van der Waals surface area (Å²) in [7, 11) is 0. The van der Waals surface area contributed by atoms with E-state index in [0.717, 1.165) is 5.56 Å². The number of aromatic nitrogens is 5. The molecule has 1 aromatic carbocycles. The van der Waals surface area contributed by atoms with Crippen molar-refractivity contribution in [2.24, 2.45) is 0 Å². The number of nitrogens with two attached hydrogens (primary N) is 1. The second-order valence-corrected chi connectivity index (χ2v) is 4.86. The van der Waals surface area contributed by atoms with E-state index in [0.29, 0.717) is 34.9 Å². The molecular formula is C15H12N6O. The number of nitrogens with zero attached hydrogens (tertiary/aromatic N) is 5. The van der Waals surface area contributed by atoms with Gasteiger partial charge in [0.2, 0.25) is 0 Å². The molecule has 3 heterocycles. The molecule has 0 fully saturated rings. The molecule has 0 aliphatic rings. The smallest absolute Gasteiger partial charge is 0.182 e. The van der Waals surface area contributed by atoms with Gasteiger partial charge >= 0.3 is 0 Å². The van der Waals surface area contributed by atoms with Crippen molar-refractivity contribution in [2.45, 2.75) is 6.54 Å². The lowest BCUT2D eigenvalue weighted by molar-refractivity contribution is 0.580. The summed E-state index contributed by atoms with van der Waals surface area (Å²) >= 11 is 0. The summed E-state index contributed by atoms with van der Waals surface area (Å²) in [6.07, 6.45) is 3.08. The number of nitrogen functional groups attached to an aromatic ring is 1. The van der Waals surface area contributed by atoms with Crippen LogP contribution in [0.15, 0.2) is 53.4 Å². The SMILES string of the molecule is Nc1cccc(Cn2nnc3c(-c4ccco4)ncnc32)c1. The molecule has 0 aliphatic heterocycles. The van der Waals surface area contributed by atoms with Gasteiger partial charge in [0.05, 0.1) is 12.8 Å². The van der Waals surface area contributed by atoms with Crippen LogP contribution in [0.1, 0.15) is 5.56 Å². The fourth-order valence-electron chi connectivity index (χ4n) is 2.36. The molecule has 0 aliphatic carbocycles. The quantitative estimate of drug-likeness (QED) is 0.581. The number of fused-ring (bicyclic) bond motifs is 1. The van der Waals surface area contributed by atoms with E-state index in [2.05, 4.69) is 20.3 Å². The van der Waals surface area contributed by atoms with Crippen LogP contribution in [0.25, 0.3) is 22.6 Å². The number of anilines is 1. The minimum absolute atomic E-state index is 0.538. The Morgan fingerprint density at radius 2 is 2.09 bits per heavy atom. The molecule has 0 radical (unpaired) electrons. The number of hydrogen-bond acceptors (Lipinski definition) is 6. The maximum Gasteiger partial charge on any atom is 0.182 e. The molecule has 3 aromatic heterocycles. The number of rotatable bonds is 3. The van der Waals surface area contributed by atoms with Gasteiger partial charge in [-0.1, -0.05) is 17.3 Å². The summed E-state index contributed by atoms with van der Waals surface area (Å²) in [5, 5.41) is 8.36. The van der Waals surface area contributed by atoms with E-state index in [1.165, 1.54) is 6.33 Å². The van der Waals surface area contributed by atoms with Gasteiger partial charge in [0.25, 0.3) is 0 Å². The van der Waals surface area contributed by atoms with E-state index < -0.39 is 0 Å². The van der Waals surface area contributed by atoms with E-state index >= 15 is 0 Å². The van der Waals surface area contributed by atoms with Crippen LogP contribution in [-0.4, -0.2) is 25.0 Å². The number of benzene rings is 1. The molecule has 0 atom stereocenters. The molecule has 0 bridgehead atoms. The predicted molar refractivity (Wildman–Crippen MR) is 80.8 cm³/mol. The Labute approximate surface area is 125 Å². The lowest BCUT2D eigenvalue weighted by Gasteiger charge is -2.03. The topological polar surface area (TPSA) is 95.7 Å². The summed E-state index contributed by atoms with van der Waals surface area (Å²) in [6, 6.07) is 11.3. The van der Waals surface area contributed by atoms with Crippen LogP contribution in [0.3, 0.4) is 0 Å². The first-order valence-electron chi connectivity index (χ1n) is 6.74. The van der Waals surface area contributed by atoms with Crippen LogP contribution >= 0.6 is 0 Å². The second-order valence-electron chi connectivity index (χ2n) is 4.86. The Balaban J connectivity index is 1.79. The summed E-state index contributed by atoms with van der Waals surface area (Å²) in [6.45, 7) is 0.538. The van der Waals surface area contributed by atoms with E-state index in [1.54, 1.807) is 17.0 Å². The summed E-state index contributed by atoms with van der Waals surface area (Å²) < 4.78 is 7.11. The molecular weight excluding hydrogens is 280 g/mol. The molecule has 0 saturated carbocycles. The molecule has 7 nitrogen and oxygen atoms in total. The second kappa shape index (κ2) is 4.96. The largest absolute Gasteiger partial charge is 0.463 e.